The molecule has 36 heteroatoms. The molecule has 35 nitrogen and oxygen atoms in total. The van der Waals surface area contributed by atoms with E-state index in [1.807, 2.05) is 0 Å². The second kappa shape index (κ2) is 26.2. The lowest BCUT2D eigenvalue weighted by Crippen LogP contribution is -2.71. The van der Waals surface area contributed by atoms with E-state index in [9.17, 15) is 109 Å². The Bertz CT molecular complexity index is 2030. The Kier molecular flexibility index (Phi) is 21.9. The molecule has 3 amide bonds. The number of ether oxygens (including phenoxy) is 9. The predicted octanol–water partition coefficient (Wildman–Crippen LogP) is -12.5. The highest BCUT2D eigenvalue weighted by Crippen LogP contribution is 2.39. The molecular formula is C39H65N3O32S. The number of rotatable bonds is 21. The molecule has 5 aliphatic heterocycles. The monoisotopic (exact) mass is 1120 g/mol. The van der Waals surface area contributed by atoms with Crippen LogP contribution >= 0.6 is 0 Å². The van der Waals surface area contributed by atoms with Crippen LogP contribution in [0.15, 0.2) is 0 Å². The number of carboxylic acid groups (broad SMARTS) is 1. The highest BCUT2D eigenvalue weighted by atomic mass is 32.3. The van der Waals surface area contributed by atoms with E-state index in [-0.39, 0.29) is 0 Å². The van der Waals surface area contributed by atoms with Crippen molar-refractivity contribution in [2.45, 2.75) is 186 Å². The lowest BCUT2D eigenvalue weighted by molar-refractivity contribution is -0.381. The number of carbonyl (C=O) groups excluding carboxylic acids is 3. The van der Waals surface area contributed by atoms with E-state index in [0.717, 1.165) is 20.8 Å². The standard InChI is InChI=1S/C39H65N3O32S/c1-10(47)40-19-13(50)4-39(38(60)61,72-31(19)22(52)14(51)5-43)73-32-23(53)15(6-44)67-36(27(32)57)71-30-21(42-12(3)49)34(59)66-18(25(30)55)9-65-35-20(41-11(2)48)26(56)29(17(8-46)69-35)70-37-28(58)33(74-75(62,63)64)24(54)16(7-45)68-37/h13-37,43-46,50-59H,4-9H2,1-3H3,(H,40,47)(H,41,48)(H,42,49)(H,60,61)(H,62,63,64)/t13-,14+,15+,16+,17+,18+,19+,20+,21+,22+,23-,24-,25-,26+,27+,28+,29+,30+,31+,32-,33-,34?,35+,36-,37-,39-/m0/s1. The fourth-order valence-electron chi connectivity index (χ4n) is 9.08. The highest BCUT2D eigenvalue weighted by Gasteiger charge is 2.61. The van der Waals surface area contributed by atoms with Crippen LogP contribution in [0.3, 0.4) is 0 Å². The van der Waals surface area contributed by atoms with Gasteiger partial charge in [0.2, 0.25) is 17.7 Å². The Hall–Kier alpha value is -3.17. The van der Waals surface area contributed by atoms with Crippen LogP contribution in [0, 0.1) is 0 Å². The maximum atomic E-state index is 13.0. The lowest BCUT2D eigenvalue weighted by atomic mass is 9.88. The molecule has 434 valence electrons. The number of nitrogens with one attached hydrogen (secondary N) is 3. The maximum absolute atomic E-state index is 13.0. The van der Waals surface area contributed by atoms with Crippen molar-refractivity contribution in [3.63, 3.8) is 0 Å². The molecule has 0 bridgehead atoms. The third kappa shape index (κ3) is 14.6. The first-order chi connectivity index (χ1) is 35.0. The number of aliphatic carboxylic acids is 1. The first-order valence-corrected chi connectivity index (χ1v) is 24.2. The van der Waals surface area contributed by atoms with Gasteiger partial charge in [-0.05, 0) is 0 Å². The molecule has 0 spiro atoms. The average Bonchev–Trinajstić information content (AvgIpc) is 3.33. The van der Waals surface area contributed by atoms with Gasteiger partial charge in [-0.2, -0.15) is 8.42 Å². The Morgan fingerprint density at radius 3 is 1.60 bits per heavy atom. The van der Waals surface area contributed by atoms with Crippen LogP contribution < -0.4 is 16.0 Å². The fraction of sp³-hybridized carbons (Fsp3) is 0.897. The number of aliphatic hydroxyl groups is 14. The lowest BCUT2D eigenvalue weighted by Gasteiger charge is -2.51. The van der Waals surface area contributed by atoms with Crippen molar-refractivity contribution in [2.24, 2.45) is 0 Å². The second-order valence-electron chi connectivity index (χ2n) is 18.1. The molecule has 1 unspecified atom stereocenters. The number of hydrogen-bond acceptors (Lipinski definition) is 30. The van der Waals surface area contributed by atoms with Crippen LogP contribution in [0.25, 0.3) is 0 Å². The van der Waals surface area contributed by atoms with Crippen molar-refractivity contribution in [1.29, 1.82) is 0 Å². The Balaban J connectivity index is 1.39. The van der Waals surface area contributed by atoms with E-state index in [1.54, 1.807) is 0 Å². The molecule has 5 fully saturated rings. The molecule has 0 aromatic rings. The minimum Gasteiger partial charge on any atom is -0.477 e. The summed E-state index contributed by atoms with van der Waals surface area (Å²) >= 11 is 0. The molecule has 0 aliphatic carbocycles. The van der Waals surface area contributed by atoms with E-state index < -0.39 is 232 Å². The number of amides is 3. The van der Waals surface area contributed by atoms with Gasteiger partial charge in [0.15, 0.2) is 25.2 Å². The number of carboxylic acids is 1. The average molecular weight is 1120 g/mol. The zero-order valence-corrected chi connectivity index (χ0v) is 40.6. The van der Waals surface area contributed by atoms with Gasteiger partial charge in [-0.3, -0.25) is 18.9 Å². The summed E-state index contributed by atoms with van der Waals surface area (Å²) < 4.78 is 87.4. The normalized spacial score (nSPS) is 43.5. The first-order valence-electron chi connectivity index (χ1n) is 22.9. The summed E-state index contributed by atoms with van der Waals surface area (Å²) in [6.07, 6.45) is -46.8. The van der Waals surface area contributed by atoms with E-state index in [1.165, 1.54) is 0 Å². The summed E-state index contributed by atoms with van der Waals surface area (Å²) in [5.41, 5.74) is 0. The summed E-state index contributed by atoms with van der Waals surface area (Å²) in [4.78, 5) is 49.8. The van der Waals surface area contributed by atoms with Crippen LogP contribution in [-0.4, -0.2) is 305 Å². The first kappa shape index (κ1) is 62.7. The van der Waals surface area contributed by atoms with Crippen LogP contribution in [0.4, 0.5) is 0 Å². The highest BCUT2D eigenvalue weighted by molar-refractivity contribution is 7.80. The molecule has 75 heavy (non-hydrogen) atoms. The summed E-state index contributed by atoms with van der Waals surface area (Å²) in [5, 5.41) is 168. The van der Waals surface area contributed by atoms with E-state index in [4.69, 9.17) is 42.6 Å². The molecule has 0 aromatic heterocycles. The molecule has 19 N–H and O–H groups in total. The predicted molar refractivity (Wildman–Crippen MR) is 229 cm³/mol. The molecule has 5 rings (SSSR count). The largest absolute Gasteiger partial charge is 0.477 e. The van der Waals surface area contributed by atoms with Gasteiger partial charge in [0, 0.05) is 27.2 Å². The Morgan fingerprint density at radius 2 is 1.09 bits per heavy atom. The summed E-state index contributed by atoms with van der Waals surface area (Å²) in [7, 11) is -5.37. The zero-order chi connectivity index (χ0) is 56.2. The minimum absolute atomic E-state index is 0.829. The molecule has 0 saturated carbocycles. The molecular weight excluding hydrogens is 1050 g/mol. The van der Waals surface area contributed by atoms with Crippen LogP contribution in [0.2, 0.25) is 0 Å². The minimum atomic E-state index is -5.37. The van der Waals surface area contributed by atoms with Gasteiger partial charge in [0.25, 0.3) is 5.79 Å². The van der Waals surface area contributed by atoms with Gasteiger partial charge < -0.3 is 135 Å². The SMILES string of the molecule is CC(=O)N[C@H]1[C@H](OC[C@H]2OC(O)[C@H](NC(C)=O)[C@@H](O[C@@H]3O[C@H](CO)[C@H](O)[C@H](O[C@]4(C(=O)O)C[C@H](O)[C@@H](NC(C)=O)[C@H]([C@H](O)[C@H](O)CO)O4)[C@H]3O)[C@H]2O)O[C@H](CO)[C@@H](O[C@@H]2O[C@H](CO)[C@H](O)[C@H](OS(=O)(=O)O)[C@H]2O)[C@@H]1O. The number of carbonyl (C=O) groups is 4. The molecule has 5 saturated heterocycles. The summed E-state index contributed by atoms with van der Waals surface area (Å²) in [6.45, 7) is -2.39. The molecule has 26 atom stereocenters. The van der Waals surface area contributed by atoms with Crippen molar-refractivity contribution in [3.05, 3.63) is 0 Å². The number of aliphatic hydroxyl groups excluding tert-OH is 14. The van der Waals surface area contributed by atoms with Crippen LogP contribution in [-0.2, 0) is 76.4 Å². The Morgan fingerprint density at radius 1 is 0.613 bits per heavy atom. The second-order valence-corrected chi connectivity index (χ2v) is 19.2. The van der Waals surface area contributed by atoms with Gasteiger partial charge >= 0.3 is 16.4 Å². The zero-order valence-electron chi connectivity index (χ0n) is 39.8. The molecule has 5 aliphatic rings. The van der Waals surface area contributed by atoms with Crippen molar-refractivity contribution in [2.75, 3.05) is 33.0 Å². The fourth-order valence-corrected chi connectivity index (χ4v) is 9.59. The molecule has 5 heterocycles. The third-order valence-corrected chi connectivity index (χ3v) is 13.1. The van der Waals surface area contributed by atoms with Gasteiger partial charge in [-0.1, -0.05) is 0 Å². The van der Waals surface area contributed by atoms with Crippen LogP contribution in [0.5, 0.6) is 0 Å². The molecule has 0 radical (unpaired) electrons. The number of hydrogen-bond donors (Lipinski definition) is 19. The van der Waals surface area contributed by atoms with Gasteiger partial charge in [0.1, 0.15) is 116 Å². The quantitative estimate of drug-likeness (QED) is 0.0475. The van der Waals surface area contributed by atoms with E-state index >= 15 is 0 Å². The van der Waals surface area contributed by atoms with Crippen LogP contribution in [0.1, 0.15) is 27.2 Å². The molecule has 0 aromatic carbocycles. The third-order valence-electron chi connectivity index (χ3n) is 12.7. The Labute approximate surface area is 424 Å². The van der Waals surface area contributed by atoms with Gasteiger partial charge in [-0.15, -0.1) is 0 Å². The van der Waals surface area contributed by atoms with Crippen molar-refractivity contribution >= 4 is 34.1 Å². The summed E-state index contributed by atoms with van der Waals surface area (Å²) in [6, 6.07) is -5.21. The van der Waals surface area contributed by atoms with Crippen molar-refractivity contribution in [1.82, 2.24) is 16.0 Å². The topological polar surface area (TPSA) is 554 Å². The van der Waals surface area contributed by atoms with Crippen molar-refractivity contribution in [3.8, 4) is 0 Å². The summed E-state index contributed by atoms with van der Waals surface area (Å²) in [5.74, 6) is -7.86. The maximum Gasteiger partial charge on any atom is 0.397 e. The van der Waals surface area contributed by atoms with Gasteiger partial charge in [0.05, 0.1) is 45.2 Å². The van der Waals surface area contributed by atoms with E-state index in [2.05, 4.69) is 20.1 Å². The van der Waals surface area contributed by atoms with E-state index in [0.29, 0.717) is 0 Å². The van der Waals surface area contributed by atoms with Crippen molar-refractivity contribution < 1.29 is 156 Å². The smallest absolute Gasteiger partial charge is 0.397 e. The van der Waals surface area contributed by atoms with Gasteiger partial charge in [-0.25, -0.2) is 8.98 Å².